The molecule has 0 bridgehead atoms. The fourth-order valence-electron chi connectivity index (χ4n) is 1.20. The van der Waals surface area contributed by atoms with Gasteiger partial charge in [0.25, 0.3) is 0 Å². The van der Waals surface area contributed by atoms with Gasteiger partial charge in [0.2, 0.25) is 0 Å². The number of hydrogen-bond acceptors (Lipinski definition) is 1. The topological polar surface area (TPSA) is 41.1 Å². The number of benzene rings is 1. The quantitative estimate of drug-likeness (QED) is 0.784. The molecule has 82 valence electrons. The monoisotopic (exact) mass is 206 g/mol. The second kappa shape index (κ2) is 5.39. The lowest BCUT2D eigenvalue weighted by Gasteiger charge is -2.13. The number of amides is 2. The number of carbonyl (C=O) groups excluding carboxylic acids is 1. The summed E-state index contributed by atoms with van der Waals surface area (Å²) < 4.78 is 0. The molecule has 0 aliphatic heterocycles. The smallest absolute Gasteiger partial charge is 0.319 e. The van der Waals surface area contributed by atoms with E-state index in [0.29, 0.717) is 0 Å². The summed E-state index contributed by atoms with van der Waals surface area (Å²) in [4.78, 5) is 11.5. The second-order valence-electron chi connectivity index (χ2n) is 3.72. The Hall–Kier alpha value is -1.51. The lowest BCUT2D eigenvalue weighted by atomic mass is 10.2. The summed E-state index contributed by atoms with van der Waals surface area (Å²) >= 11 is 0. The molecule has 2 amide bonds. The molecule has 2 N–H and O–H groups in total. The molecule has 0 spiro atoms. The van der Waals surface area contributed by atoms with Gasteiger partial charge in [-0.05, 0) is 31.9 Å². The van der Waals surface area contributed by atoms with Crippen LogP contribution in [0.5, 0.6) is 0 Å². The van der Waals surface area contributed by atoms with Crippen LogP contribution in [0.2, 0.25) is 0 Å². The van der Waals surface area contributed by atoms with Crippen molar-refractivity contribution < 1.29 is 4.79 Å². The van der Waals surface area contributed by atoms with Crippen LogP contribution < -0.4 is 10.6 Å². The van der Waals surface area contributed by atoms with Crippen molar-refractivity contribution in [3.8, 4) is 0 Å². The Labute approximate surface area is 90.9 Å². The minimum Gasteiger partial charge on any atom is -0.335 e. The van der Waals surface area contributed by atoms with Gasteiger partial charge in [0, 0.05) is 11.7 Å². The largest absolute Gasteiger partial charge is 0.335 e. The Kier molecular flexibility index (Phi) is 4.16. The maximum absolute atomic E-state index is 11.5. The molecule has 0 aliphatic rings. The number of carbonyl (C=O) groups is 1. The highest BCUT2D eigenvalue weighted by atomic mass is 16.2. The zero-order valence-electron chi connectivity index (χ0n) is 9.50. The molecule has 3 nitrogen and oxygen atoms in total. The van der Waals surface area contributed by atoms with E-state index in [0.717, 1.165) is 17.7 Å². The van der Waals surface area contributed by atoms with Crippen LogP contribution in [0.4, 0.5) is 10.5 Å². The van der Waals surface area contributed by atoms with Crippen molar-refractivity contribution in [1.29, 1.82) is 0 Å². The third-order valence-electron chi connectivity index (χ3n) is 2.38. The van der Waals surface area contributed by atoms with Crippen molar-refractivity contribution in [2.45, 2.75) is 33.2 Å². The Balaban J connectivity index is 2.55. The van der Waals surface area contributed by atoms with Crippen LogP contribution in [0.3, 0.4) is 0 Å². The van der Waals surface area contributed by atoms with Crippen LogP contribution in [-0.4, -0.2) is 12.1 Å². The number of nitrogens with one attached hydrogen (secondary N) is 2. The van der Waals surface area contributed by atoms with Gasteiger partial charge in [0.05, 0.1) is 0 Å². The highest BCUT2D eigenvalue weighted by Gasteiger charge is 2.05. The average molecular weight is 206 g/mol. The van der Waals surface area contributed by atoms with Gasteiger partial charge in [0.1, 0.15) is 0 Å². The van der Waals surface area contributed by atoms with Crippen molar-refractivity contribution in [2.75, 3.05) is 5.32 Å². The Morgan fingerprint density at radius 2 is 2.07 bits per heavy atom. The molecule has 0 saturated heterocycles. The molecule has 0 unspecified atom stereocenters. The number of hydrogen-bond donors (Lipinski definition) is 2. The van der Waals surface area contributed by atoms with Gasteiger partial charge in [-0.25, -0.2) is 4.79 Å². The van der Waals surface area contributed by atoms with E-state index < -0.39 is 0 Å². The van der Waals surface area contributed by atoms with E-state index in [-0.39, 0.29) is 12.1 Å². The lowest BCUT2D eigenvalue weighted by Crippen LogP contribution is -2.35. The van der Waals surface area contributed by atoms with Gasteiger partial charge < -0.3 is 10.6 Å². The van der Waals surface area contributed by atoms with Crippen molar-refractivity contribution >= 4 is 11.7 Å². The summed E-state index contributed by atoms with van der Waals surface area (Å²) in [7, 11) is 0. The Morgan fingerprint density at radius 3 is 2.67 bits per heavy atom. The third-order valence-corrected chi connectivity index (χ3v) is 2.38. The summed E-state index contributed by atoms with van der Waals surface area (Å²) in [5.41, 5.74) is 1.93. The van der Waals surface area contributed by atoms with Crippen LogP contribution in [0.25, 0.3) is 0 Å². The maximum atomic E-state index is 11.5. The molecule has 0 aromatic heterocycles. The van der Waals surface area contributed by atoms with Crippen LogP contribution in [0.15, 0.2) is 24.3 Å². The van der Waals surface area contributed by atoms with Gasteiger partial charge in [-0.2, -0.15) is 0 Å². The summed E-state index contributed by atoms with van der Waals surface area (Å²) in [6.45, 7) is 6.00. The number of urea groups is 1. The molecule has 15 heavy (non-hydrogen) atoms. The highest BCUT2D eigenvalue weighted by molar-refractivity contribution is 5.90. The van der Waals surface area contributed by atoms with Gasteiger partial charge in [-0.1, -0.05) is 25.1 Å². The number of para-hydroxylation sites is 1. The molecule has 1 rings (SSSR count). The highest BCUT2D eigenvalue weighted by Crippen LogP contribution is 2.12. The Bertz CT molecular complexity index is 336. The summed E-state index contributed by atoms with van der Waals surface area (Å²) in [5.74, 6) is 0. The van der Waals surface area contributed by atoms with Crippen LogP contribution >= 0.6 is 0 Å². The zero-order chi connectivity index (χ0) is 11.3. The van der Waals surface area contributed by atoms with E-state index in [1.807, 2.05) is 45.0 Å². The number of aryl methyl sites for hydroxylation is 1. The van der Waals surface area contributed by atoms with Gasteiger partial charge in [0.15, 0.2) is 0 Å². The van der Waals surface area contributed by atoms with E-state index in [1.54, 1.807) is 0 Å². The van der Waals surface area contributed by atoms with Crippen molar-refractivity contribution in [3.05, 3.63) is 29.8 Å². The first-order valence-corrected chi connectivity index (χ1v) is 5.26. The molecular formula is C12H18N2O. The number of anilines is 1. The summed E-state index contributed by atoms with van der Waals surface area (Å²) in [6.07, 6.45) is 0.932. The van der Waals surface area contributed by atoms with E-state index in [1.165, 1.54) is 0 Å². The zero-order valence-corrected chi connectivity index (χ0v) is 9.50. The van der Waals surface area contributed by atoms with E-state index in [2.05, 4.69) is 10.6 Å². The van der Waals surface area contributed by atoms with E-state index in [9.17, 15) is 4.79 Å². The lowest BCUT2D eigenvalue weighted by molar-refractivity contribution is 0.249. The molecule has 0 heterocycles. The normalized spacial score (nSPS) is 11.9. The van der Waals surface area contributed by atoms with Gasteiger partial charge in [-0.3, -0.25) is 0 Å². The SMILES string of the molecule is CC[C@H](C)NC(=O)Nc1ccccc1C. The molecule has 3 heteroatoms. The summed E-state index contributed by atoms with van der Waals surface area (Å²) in [6, 6.07) is 7.79. The molecular weight excluding hydrogens is 188 g/mol. The predicted octanol–water partition coefficient (Wildman–Crippen LogP) is 2.92. The third kappa shape index (κ3) is 3.62. The van der Waals surface area contributed by atoms with Crippen LogP contribution in [0.1, 0.15) is 25.8 Å². The van der Waals surface area contributed by atoms with Crippen LogP contribution in [0, 0.1) is 6.92 Å². The van der Waals surface area contributed by atoms with E-state index in [4.69, 9.17) is 0 Å². The minimum absolute atomic E-state index is 0.140. The standard InChI is InChI=1S/C12H18N2O/c1-4-10(3)13-12(15)14-11-8-6-5-7-9(11)2/h5-8,10H,4H2,1-3H3,(H2,13,14,15)/t10-/m0/s1. The molecule has 0 aliphatic carbocycles. The molecule has 0 saturated carbocycles. The first kappa shape index (κ1) is 11.6. The second-order valence-corrected chi connectivity index (χ2v) is 3.72. The van der Waals surface area contributed by atoms with E-state index >= 15 is 0 Å². The first-order chi connectivity index (χ1) is 7.13. The fourth-order valence-corrected chi connectivity index (χ4v) is 1.20. The molecule has 1 atom stereocenters. The predicted molar refractivity (Wildman–Crippen MR) is 63.1 cm³/mol. The van der Waals surface area contributed by atoms with Crippen molar-refractivity contribution in [1.82, 2.24) is 5.32 Å². The van der Waals surface area contributed by atoms with Crippen molar-refractivity contribution in [2.24, 2.45) is 0 Å². The van der Waals surface area contributed by atoms with Crippen molar-refractivity contribution in [3.63, 3.8) is 0 Å². The molecule has 0 radical (unpaired) electrons. The first-order valence-electron chi connectivity index (χ1n) is 5.26. The van der Waals surface area contributed by atoms with Gasteiger partial charge in [-0.15, -0.1) is 0 Å². The average Bonchev–Trinajstić information content (AvgIpc) is 2.21. The maximum Gasteiger partial charge on any atom is 0.319 e. The van der Waals surface area contributed by atoms with Crippen LogP contribution in [-0.2, 0) is 0 Å². The molecule has 1 aromatic rings. The molecule has 1 aromatic carbocycles. The van der Waals surface area contributed by atoms with Gasteiger partial charge >= 0.3 is 6.03 Å². The Morgan fingerprint density at radius 1 is 1.40 bits per heavy atom. The minimum atomic E-state index is -0.140. The fraction of sp³-hybridized carbons (Fsp3) is 0.417. The molecule has 0 fully saturated rings. The summed E-state index contributed by atoms with van der Waals surface area (Å²) in [5, 5.41) is 5.68. The number of rotatable bonds is 3.